The zero-order valence-electron chi connectivity index (χ0n) is 11.3. The van der Waals surface area contributed by atoms with Gasteiger partial charge in [0.2, 0.25) is 5.91 Å². The molecule has 0 saturated carbocycles. The summed E-state index contributed by atoms with van der Waals surface area (Å²) in [6, 6.07) is -0.529. The van der Waals surface area contributed by atoms with Gasteiger partial charge in [0, 0.05) is 0 Å². The van der Waals surface area contributed by atoms with Gasteiger partial charge in [0.25, 0.3) is 0 Å². The highest BCUT2D eigenvalue weighted by atomic mass is 16.6. The molecule has 0 aromatic carbocycles. The maximum atomic E-state index is 12.1. The second-order valence-corrected chi connectivity index (χ2v) is 6.07. The highest BCUT2D eigenvalue weighted by molar-refractivity contribution is 6.00. The van der Waals surface area contributed by atoms with Gasteiger partial charge in [0.1, 0.15) is 17.3 Å². The molecule has 2 aliphatic rings. The number of carbonyl (C=O) groups is 2. The molecule has 18 heavy (non-hydrogen) atoms. The van der Waals surface area contributed by atoms with Crippen LogP contribution in [0.1, 0.15) is 34.1 Å². The van der Waals surface area contributed by atoms with Crippen molar-refractivity contribution in [3.8, 4) is 0 Å². The average molecular weight is 252 g/mol. The molecule has 1 fully saturated rings. The van der Waals surface area contributed by atoms with Crippen LogP contribution in [-0.2, 0) is 14.3 Å². The Morgan fingerprint density at radius 1 is 1.50 bits per heavy atom. The Morgan fingerprint density at radius 2 is 2.11 bits per heavy atom. The fourth-order valence-corrected chi connectivity index (χ4v) is 2.41. The van der Waals surface area contributed by atoms with Crippen LogP contribution in [0.3, 0.4) is 0 Å². The van der Waals surface area contributed by atoms with Crippen LogP contribution in [0.5, 0.6) is 0 Å². The molecule has 0 bridgehead atoms. The number of nitrogens with zero attached hydrogens (tertiary/aromatic N) is 1. The molecular weight excluding hydrogens is 232 g/mol. The van der Waals surface area contributed by atoms with E-state index < -0.39 is 17.6 Å². The number of fused-ring (bicyclic) bond motifs is 1. The zero-order chi connectivity index (χ0) is 13.7. The minimum absolute atomic E-state index is 0.0555. The van der Waals surface area contributed by atoms with Crippen molar-refractivity contribution in [2.75, 3.05) is 0 Å². The van der Waals surface area contributed by atoms with E-state index in [0.29, 0.717) is 5.70 Å². The molecule has 3 atom stereocenters. The van der Waals surface area contributed by atoms with Gasteiger partial charge < -0.3 is 10.5 Å². The average Bonchev–Trinajstić information content (AvgIpc) is 2.24. The summed E-state index contributed by atoms with van der Waals surface area (Å²) in [7, 11) is 0. The second kappa shape index (κ2) is 4.09. The first kappa shape index (κ1) is 13.1. The topological polar surface area (TPSA) is 72.6 Å². The summed E-state index contributed by atoms with van der Waals surface area (Å²) < 4.78 is 5.32. The van der Waals surface area contributed by atoms with Crippen molar-refractivity contribution in [1.82, 2.24) is 4.90 Å². The van der Waals surface area contributed by atoms with Crippen LogP contribution in [0.25, 0.3) is 0 Å². The van der Waals surface area contributed by atoms with Crippen LogP contribution in [-0.4, -0.2) is 34.5 Å². The van der Waals surface area contributed by atoms with Crippen LogP contribution in [0.15, 0.2) is 11.8 Å². The van der Waals surface area contributed by atoms with E-state index in [1.807, 2.05) is 6.92 Å². The Balaban J connectivity index is 2.21. The predicted molar refractivity (Wildman–Crippen MR) is 66.3 cm³/mol. The molecule has 100 valence electrons. The molecule has 0 unspecified atom stereocenters. The number of rotatable bonds is 1. The number of esters is 1. The summed E-state index contributed by atoms with van der Waals surface area (Å²) in [6.07, 6.45) is 2.60. The Morgan fingerprint density at radius 3 is 2.67 bits per heavy atom. The summed E-state index contributed by atoms with van der Waals surface area (Å²) >= 11 is 0. The summed E-state index contributed by atoms with van der Waals surface area (Å²) in [4.78, 5) is 25.3. The molecule has 1 saturated heterocycles. The molecule has 2 rings (SSSR count). The Kier molecular flexibility index (Phi) is 2.97. The van der Waals surface area contributed by atoms with Crippen molar-refractivity contribution in [1.29, 1.82) is 0 Å². The fourth-order valence-electron chi connectivity index (χ4n) is 2.41. The molecule has 5 nitrogen and oxygen atoms in total. The van der Waals surface area contributed by atoms with E-state index in [1.165, 1.54) is 4.90 Å². The van der Waals surface area contributed by atoms with Crippen molar-refractivity contribution in [3.63, 3.8) is 0 Å². The van der Waals surface area contributed by atoms with Gasteiger partial charge in [0.15, 0.2) is 0 Å². The van der Waals surface area contributed by atoms with Gasteiger partial charge in [-0.15, -0.1) is 0 Å². The normalized spacial score (nSPS) is 31.4. The summed E-state index contributed by atoms with van der Waals surface area (Å²) in [5.74, 6) is -0.406. The van der Waals surface area contributed by atoms with E-state index >= 15 is 0 Å². The third-order valence-electron chi connectivity index (χ3n) is 3.19. The third-order valence-corrected chi connectivity index (χ3v) is 3.19. The van der Waals surface area contributed by atoms with E-state index in [1.54, 1.807) is 26.8 Å². The number of β-lactam (4-membered cyclic amide) rings is 1. The van der Waals surface area contributed by atoms with Crippen LogP contribution >= 0.6 is 0 Å². The predicted octanol–water partition coefficient (Wildman–Crippen LogP) is 0.790. The lowest BCUT2D eigenvalue weighted by molar-refractivity contribution is -0.161. The van der Waals surface area contributed by atoms with Gasteiger partial charge >= 0.3 is 5.97 Å². The Hall–Kier alpha value is -1.36. The van der Waals surface area contributed by atoms with Gasteiger partial charge in [-0.2, -0.15) is 0 Å². The molecule has 0 spiro atoms. The van der Waals surface area contributed by atoms with Crippen molar-refractivity contribution < 1.29 is 14.3 Å². The van der Waals surface area contributed by atoms with Crippen LogP contribution in [0, 0.1) is 5.92 Å². The first-order valence-electron chi connectivity index (χ1n) is 6.24. The molecule has 5 heteroatoms. The number of allylic oxidation sites excluding steroid dienone is 1. The largest absolute Gasteiger partial charge is 0.455 e. The molecule has 2 heterocycles. The minimum atomic E-state index is -0.565. The molecule has 0 radical (unpaired) electrons. The van der Waals surface area contributed by atoms with Gasteiger partial charge in [-0.05, 0) is 33.1 Å². The van der Waals surface area contributed by atoms with E-state index in [0.717, 1.165) is 6.42 Å². The van der Waals surface area contributed by atoms with E-state index in [2.05, 4.69) is 0 Å². The molecule has 0 aliphatic carbocycles. The lowest BCUT2D eigenvalue weighted by Crippen LogP contribution is -2.70. The number of amides is 1. The van der Waals surface area contributed by atoms with Gasteiger partial charge in [-0.3, -0.25) is 9.69 Å². The van der Waals surface area contributed by atoms with Crippen molar-refractivity contribution in [3.05, 3.63) is 11.8 Å². The standard InChI is InChI=1S/C13H20N2O3/c1-7-5-8-10(14)11(16)15(8)9(6-7)12(17)18-13(2,3)4/h6-8,10H,5,14H2,1-4H3/t7-,8-,10+/m0/s1. The highest BCUT2D eigenvalue weighted by Crippen LogP contribution is 2.35. The lowest BCUT2D eigenvalue weighted by Gasteiger charge is -2.49. The Bertz CT molecular complexity index is 422. The maximum Gasteiger partial charge on any atom is 0.355 e. The minimum Gasteiger partial charge on any atom is -0.455 e. The molecule has 1 amide bonds. The van der Waals surface area contributed by atoms with E-state index in [9.17, 15) is 9.59 Å². The molecule has 2 N–H and O–H groups in total. The SMILES string of the molecule is C[C@@H]1C=C(C(=O)OC(C)(C)C)N2C(=O)[C@H](N)[C@@H]2C1. The fraction of sp³-hybridized carbons (Fsp3) is 0.692. The summed E-state index contributed by atoms with van der Waals surface area (Å²) in [6.45, 7) is 7.42. The van der Waals surface area contributed by atoms with Gasteiger partial charge in [-0.1, -0.05) is 13.0 Å². The summed E-state index contributed by atoms with van der Waals surface area (Å²) in [5.41, 5.74) is 5.54. The number of carbonyl (C=O) groups excluding carboxylic acids is 2. The Labute approximate surface area is 107 Å². The number of hydrogen-bond acceptors (Lipinski definition) is 4. The first-order valence-corrected chi connectivity index (χ1v) is 6.24. The quantitative estimate of drug-likeness (QED) is 0.553. The number of ether oxygens (including phenoxy) is 1. The molecule has 0 aromatic heterocycles. The molecular formula is C13H20N2O3. The maximum absolute atomic E-state index is 12.1. The number of nitrogens with two attached hydrogens (primary N) is 1. The monoisotopic (exact) mass is 252 g/mol. The zero-order valence-corrected chi connectivity index (χ0v) is 11.3. The third kappa shape index (κ3) is 2.14. The van der Waals surface area contributed by atoms with Crippen LogP contribution < -0.4 is 5.73 Å². The highest BCUT2D eigenvalue weighted by Gasteiger charge is 2.51. The van der Waals surface area contributed by atoms with Crippen molar-refractivity contribution in [2.24, 2.45) is 11.7 Å². The van der Waals surface area contributed by atoms with Crippen molar-refractivity contribution >= 4 is 11.9 Å². The first-order chi connectivity index (χ1) is 8.20. The summed E-state index contributed by atoms with van der Waals surface area (Å²) in [5, 5.41) is 0. The molecule has 2 aliphatic heterocycles. The second-order valence-electron chi connectivity index (χ2n) is 6.07. The van der Waals surface area contributed by atoms with Crippen LogP contribution in [0.2, 0.25) is 0 Å². The van der Waals surface area contributed by atoms with E-state index in [4.69, 9.17) is 10.5 Å². The van der Waals surface area contributed by atoms with Crippen LogP contribution in [0.4, 0.5) is 0 Å². The van der Waals surface area contributed by atoms with E-state index in [-0.39, 0.29) is 17.9 Å². The smallest absolute Gasteiger partial charge is 0.355 e. The molecule has 0 aromatic rings. The lowest BCUT2D eigenvalue weighted by atomic mass is 9.83. The number of hydrogen-bond donors (Lipinski definition) is 1. The van der Waals surface area contributed by atoms with Gasteiger partial charge in [0.05, 0.1) is 6.04 Å². The van der Waals surface area contributed by atoms with Crippen molar-refractivity contribution in [2.45, 2.75) is 51.8 Å². The van der Waals surface area contributed by atoms with Gasteiger partial charge in [-0.25, -0.2) is 4.79 Å².